The van der Waals surface area contributed by atoms with Crippen LogP contribution in [-0.2, 0) is 4.74 Å². The molecule has 0 aromatic rings. The molecule has 1 amide bonds. The fourth-order valence-corrected chi connectivity index (χ4v) is 1.29. The van der Waals surface area contributed by atoms with Crippen molar-refractivity contribution >= 4 is 6.09 Å². The lowest BCUT2D eigenvalue weighted by atomic mass is 9.98. The fourth-order valence-electron chi connectivity index (χ4n) is 1.29. The average Bonchev–Trinajstić information content (AvgIpc) is 1.95. The number of carbonyl (C=O) groups excluding carboxylic acids is 1. The Morgan fingerprint density at radius 2 is 1.80 bits per heavy atom. The zero-order valence-corrected chi connectivity index (χ0v) is 10.7. The van der Waals surface area contributed by atoms with Crippen molar-refractivity contribution in [2.45, 2.75) is 53.2 Å². The van der Waals surface area contributed by atoms with E-state index in [2.05, 4.69) is 11.9 Å². The van der Waals surface area contributed by atoms with Gasteiger partial charge in [0.1, 0.15) is 5.60 Å². The first-order valence-electron chi connectivity index (χ1n) is 5.28. The van der Waals surface area contributed by atoms with Crippen molar-refractivity contribution in [3.63, 3.8) is 0 Å². The second kappa shape index (κ2) is 5.19. The van der Waals surface area contributed by atoms with Gasteiger partial charge < -0.3 is 10.1 Å². The van der Waals surface area contributed by atoms with Crippen LogP contribution < -0.4 is 5.32 Å². The van der Waals surface area contributed by atoms with E-state index >= 15 is 0 Å². The topological polar surface area (TPSA) is 38.3 Å². The Morgan fingerprint density at radius 3 is 2.07 bits per heavy atom. The lowest BCUT2D eigenvalue weighted by molar-refractivity contribution is 0.0501. The van der Waals surface area contributed by atoms with Crippen molar-refractivity contribution in [2.24, 2.45) is 5.92 Å². The summed E-state index contributed by atoms with van der Waals surface area (Å²) in [6.07, 6.45) is -0.385. The Morgan fingerprint density at radius 1 is 1.33 bits per heavy atom. The summed E-state index contributed by atoms with van der Waals surface area (Å²) >= 11 is 0. The molecule has 0 spiro atoms. The van der Waals surface area contributed by atoms with Crippen LogP contribution in [0.1, 0.15) is 41.5 Å². The van der Waals surface area contributed by atoms with Crippen LogP contribution in [0.15, 0.2) is 12.2 Å². The summed E-state index contributed by atoms with van der Waals surface area (Å²) in [5.74, 6) is 0.315. The number of hydrogen-bond donors (Lipinski definition) is 1. The molecule has 3 nitrogen and oxygen atoms in total. The van der Waals surface area contributed by atoms with E-state index in [1.165, 1.54) is 0 Å². The summed E-state index contributed by atoms with van der Waals surface area (Å²) in [6.45, 7) is 15.4. The summed E-state index contributed by atoms with van der Waals surface area (Å²) in [4.78, 5) is 11.5. The van der Waals surface area contributed by atoms with Gasteiger partial charge in [0.15, 0.2) is 0 Å². The minimum Gasteiger partial charge on any atom is -0.444 e. The minimum absolute atomic E-state index is 0.0279. The molecule has 0 rings (SSSR count). The quantitative estimate of drug-likeness (QED) is 0.731. The molecule has 1 atom stereocenters. The molecule has 0 saturated carbocycles. The van der Waals surface area contributed by atoms with E-state index in [1.807, 2.05) is 41.5 Å². The molecule has 0 aliphatic carbocycles. The van der Waals surface area contributed by atoms with Crippen molar-refractivity contribution in [3.05, 3.63) is 12.2 Å². The normalized spacial score (nSPS) is 13.5. The fraction of sp³-hybridized carbons (Fsp3) is 0.750. The highest BCUT2D eigenvalue weighted by molar-refractivity contribution is 5.68. The summed E-state index contributed by atoms with van der Waals surface area (Å²) in [6, 6.07) is -0.0279. The molecule has 3 heteroatoms. The van der Waals surface area contributed by atoms with E-state index in [0.29, 0.717) is 5.92 Å². The third-order valence-electron chi connectivity index (χ3n) is 1.87. The van der Waals surface area contributed by atoms with Crippen molar-refractivity contribution in [3.8, 4) is 0 Å². The SMILES string of the molecule is C=C(C)C(NC(=O)OC(C)(C)C)C(C)C. The molecule has 0 heterocycles. The first kappa shape index (κ1) is 14.0. The van der Waals surface area contributed by atoms with E-state index in [4.69, 9.17) is 4.74 Å². The van der Waals surface area contributed by atoms with Gasteiger partial charge in [0.25, 0.3) is 0 Å². The summed E-state index contributed by atoms with van der Waals surface area (Å²) in [5, 5.41) is 2.81. The molecular weight excluding hydrogens is 190 g/mol. The van der Waals surface area contributed by atoms with Crippen LogP contribution in [0.4, 0.5) is 4.79 Å². The smallest absolute Gasteiger partial charge is 0.408 e. The highest BCUT2D eigenvalue weighted by Gasteiger charge is 2.21. The largest absolute Gasteiger partial charge is 0.444 e. The Bertz CT molecular complexity index is 238. The molecule has 0 aromatic heterocycles. The first-order valence-corrected chi connectivity index (χ1v) is 5.28. The van der Waals surface area contributed by atoms with Crippen LogP contribution in [0.2, 0.25) is 0 Å². The van der Waals surface area contributed by atoms with Gasteiger partial charge in [0, 0.05) is 0 Å². The third-order valence-corrected chi connectivity index (χ3v) is 1.87. The number of hydrogen-bond acceptors (Lipinski definition) is 2. The van der Waals surface area contributed by atoms with E-state index < -0.39 is 5.60 Å². The molecule has 0 aliphatic rings. The Kier molecular flexibility index (Phi) is 4.85. The van der Waals surface area contributed by atoms with E-state index in [1.54, 1.807) is 0 Å². The highest BCUT2D eigenvalue weighted by atomic mass is 16.6. The maximum absolute atomic E-state index is 11.5. The standard InChI is InChI=1S/C12H23NO2/c1-8(2)10(9(3)4)13-11(14)15-12(5,6)7/h9-10H,1H2,2-7H3,(H,13,14). The van der Waals surface area contributed by atoms with Crippen molar-refractivity contribution in [1.82, 2.24) is 5.32 Å². The van der Waals surface area contributed by atoms with Crippen molar-refractivity contribution in [1.29, 1.82) is 0 Å². The van der Waals surface area contributed by atoms with Gasteiger partial charge in [-0.3, -0.25) is 0 Å². The second-order valence-corrected chi connectivity index (χ2v) is 5.21. The number of nitrogens with one attached hydrogen (secondary N) is 1. The summed E-state index contributed by atoms with van der Waals surface area (Å²) in [5.41, 5.74) is 0.483. The molecule has 1 N–H and O–H groups in total. The Hall–Kier alpha value is -0.990. The van der Waals surface area contributed by atoms with Gasteiger partial charge in [0.05, 0.1) is 6.04 Å². The van der Waals surface area contributed by atoms with Crippen LogP contribution in [0.5, 0.6) is 0 Å². The van der Waals surface area contributed by atoms with Crippen LogP contribution in [0.25, 0.3) is 0 Å². The van der Waals surface area contributed by atoms with Crippen LogP contribution in [-0.4, -0.2) is 17.7 Å². The van der Waals surface area contributed by atoms with Gasteiger partial charge in [-0.05, 0) is 33.6 Å². The van der Waals surface area contributed by atoms with Gasteiger partial charge in [-0.1, -0.05) is 26.0 Å². The number of rotatable bonds is 3. The highest BCUT2D eigenvalue weighted by Crippen LogP contribution is 2.12. The first-order chi connectivity index (χ1) is 6.63. The maximum Gasteiger partial charge on any atom is 0.408 e. The molecule has 15 heavy (non-hydrogen) atoms. The third kappa shape index (κ3) is 6.15. The number of amides is 1. The maximum atomic E-state index is 11.5. The number of alkyl carbamates (subject to hydrolysis) is 1. The molecule has 0 bridgehead atoms. The monoisotopic (exact) mass is 213 g/mol. The molecular formula is C12H23NO2. The molecule has 0 saturated heterocycles. The Labute approximate surface area is 92.9 Å². The second-order valence-electron chi connectivity index (χ2n) is 5.21. The van der Waals surface area contributed by atoms with Crippen molar-refractivity contribution < 1.29 is 9.53 Å². The zero-order valence-electron chi connectivity index (χ0n) is 10.7. The molecule has 0 fully saturated rings. The Balaban J connectivity index is 4.31. The lowest BCUT2D eigenvalue weighted by Gasteiger charge is -2.25. The van der Waals surface area contributed by atoms with Gasteiger partial charge in [-0.25, -0.2) is 4.79 Å². The van der Waals surface area contributed by atoms with Crippen LogP contribution in [0, 0.1) is 5.92 Å². The van der Waals surface area contributed by atoms with Gasteiger partial charge >= 0.3 is 6.09 Å². The van der Waals surface area contributed by atoms with E-state index in [0.717, 1.165) is 5.57 Å². The summed E-state index contributed by atoms with van der Waals surface area (Å²) < 4.78 is 5.18. The minimum atomic E-state index is -0.458. The lowest BCUT2D eigenvalue weighted by Crippen LogP contribution is -2.42. The molecule has 1 unspecified atom stereocenters. The molecule has 88 valence electrons. The van der Waals surface area contributed by atoms with Crippen LogP contribution in [0.3, 0.4) is 0 Å². The van der Waals surface area contributed by atoms with E-state index in [-0.39, 0.29) is 12.1 Å². The zero-order chi connectivity index (χ0) is 12.2. The summed E-state index contributed by atoms with van der Waals surface area (Å²) in [7, 11) is 0. The average molecular weight is 213 g/mol. The predicted molar refractivity (Wildman–Crippen MR) is 62.8 cm³/mol. The molecule has 0 aromatic carbocycles. The van der Waals surface area contributed by atoms with Gasteiger partial charge in [0.2, 0.25) is 0 Å². The van der Waals surface area contributed by atoms with Crippen molar-refractivity contribution in [2.75, 3.05) is 0 Å². The van der Waals surface area contributed by atoms with Crippen LogP contribution >= 0.6 is 0 Å². The number of carbonyl (C=O) groups is 1. The number of ether oxygens (including phenoxy) is 1. The predicted octanol–water partition coefficient (Wildman–Crippen LogP) is 3.11. The van der Waals surface area contributed by atoms with E-state index in [9.17, 15) is 4.79 Å². The molecule has 0 aliphatic heterocycles. The van der Waals surface area contributed by atoms with Gasteiger partial charge in [-0.15, -0.1) is 0 Å². The molecule has 0 radical (unpaired) electrons. The van der Waals surface area contributed by atoms with Gasteiger partial charge in [-0.2, -0.15) is 0 Å².